The molecule has 19 heavy (non-hydrogen) atoms. The molecule has 0 aliphatic rings. The molecule has 1 heterocycles. The topological polar surface area (TPSA) is 0 Å². The number of allylic oxidation sites excluding steroid dienone is 5. The van der Waals surface area contributed by atoms with Gasteiger partial charge in [-0.15, -0.1) is 11.3 Å². The van der Waals surface area contributed by atoms with Crippen molar-refractivity contribution in [2.75, 3.05) is 0 Å². The van der Waals surface area contributed by atoms with Crippen LogP contribution in [0.3, 0.4) is 0 Å². The maximum absolute atomic E-state index is 3.81. The van der Waals surface area contributed by atoms with Crippen molar-refractivity contribution in [3.8, 4) is 0 Å². The summed E-state index contributed by atoms with van der Waals surface area (Å²) in [6, 6.07) is 6.73. The van der Waals surface area contributed by atoms with Gasteiger partial charge in [-0.25, -0.2) is 0 Å². The molecule has 2 rings (SSSR count). The molecule has 0 unspecified atom stereocenters. The van der Waals surface area contributed by atoms with E-state index in [1.807, 2.05) is 13.0 Å². The number of benzene rings is 1. The van der Waals surface area contributed by atoms with E-state index in [0.717, 1.165) is 6.42 Å². The Morgan fingerprint density at radius 3 is 2.84 bits per heavy atom. The van der Waals surface area contributed by atoms with Crippen LogP contribution in [0.5, 0.6) is 0 Å². The first-order valence-electron chi connectivity index (χ1n) is 6.38. The molecule has 0 amide bonds. The summed E-state index contributed by atoms with van der Waals surface area (Å²) in [6.45, 7) is 8.03. The van der Waals surface area contributed by atoms with Gasteiger partial charge in [-0.1, -0.05) is 49.9 Å². The van der Waals surface area contributed by atoms with Gasteiger partial charge in [0.05, 0.1) is 3.79 Å². The smallest absolute Gasteiger partial charge is 0.0789 e. The van der Waals surface area contributed by atoms with Crippen LogP contribution in [0, 0.1) is 0 Å². The van der Waals surface area contributed by atoms with Crippen LogP contribution in [0.4, 0.5) is 0 Å². The van der Waals surface area contributed by atoms with Crippen molar-refractivity contribution in [3.05, 3.63) is 64.0 Å². The van der Waals surface area contributed by atoms with Crippen LogP contribution in [-0.4, -0.2) is 0 Å². The minimum absolute atomic E-state index is 1.07. The zero-order valence-corrected chi connectivity index (χ0v) is 13.6. The van der Waals surface area contributed by atoms with Gasteiger partial charge in [0.15, 0.2) is 0 Å². The second-order valence-electron chi connectivity index (χ2n) is 4.29. The van der Waals surface area contributed by atoms with Gasteiger partial charge in [0.1, 0.15) is 0 Å². The number of hydrogen-bond acceptors (Lipinski definition) is 1. The average Bonchev–Trinajstić information content (AvgIpc) is 2.73. The van der Waals surface area contributed by atoms with Crippen molar-refractivity contribution in [2.45, 2.75) is 20.3 Å². The Hall–Kier alpha value is -1.12. The average molecular weight is 333 g/mol. The van der Waals surface area contributed by atoms with Crippen LogP contribution in [0.15, 0.2) is 52.9 Å². The van der Waals surface area contributed by atoms with Gasteiger partial charge in [0.25, 0.3) is 0 Å². The molecule has 2 aromatic rings. The van der Waals surface area contributed by atoms with E-state index < -0.39 is 0 Å². The Labute approximate surface area is 127 Å². The monoisotopic (exact) mass is 332 g/mol. The van der Waals surface area contributed by atoms with Gasteiger partial charge in [0.2, 0.25) is 0 Å². The highest BCUT2D eigenvalue weighted by Crippen LogP contribution is 2.40. The fourth-order valence-corrected chi connectivity index (χ4v) is 4.11. The maximum Gasteiger partial charge on any atom is 0.0789 e. The summed E-state index contributed by atoms with van der Waals surface area (Å²) in [4.78, 5) is 0. The van der Waals surface area contributed by atoms with Gasteiger partial charge in [-0.05, 0) is 46.5 Å². The Bertz CT molecular complexity index is 659. The first-order valence-corrected chi connectivity index (χ1v) is 7.99. The third kappa shape index (κ3) is 2.90. The van der Waals surface area contributed by atoms with E-state index in [9.17, 15) is 0 Å². The van der Waals surface area contributed by atoms with Crippen molar-refractivity contribution in [2.24, 2.45) is 0 Å². The molecule has 0 nitrogen and oxygen atoms in total. The molecule has 0 saturated heterocycles. The molecule has 0 spiro atoms. The van der Waals surface area contributed by atoms with E-state index in [0.29, 0.717) is 0 Å². The lowest BCUT2D eigenvalue weighted by Gasteiger charge is -2.03. The molecule has 0 N–H and O–H groups in total. The maximum atomic E-state index is 3.81. The van der Waals surface area contributed by atoms with Gasteiger partial charge >= 0.3 is 0 Å². The van der Waals surface area contributed by atoms with Crippen LogP contribution < -0.4 is 0 Å². The predicted octanol–water partition coefficient (Wildman–Crippen LogP) is 6.37. The zero-order chi connectivity index (χ0) is 13.8. The third-order valence-electron chi connectivity index (χ3n) is 3.05. The highest BCUT2D eigenvalue weighted by atomic mass is 79.9. The summed E-state index contributed by atoms with van der Waals surface area (Å²) < 4.78 is 2.52. The van der Waals surface area contributed by atoms with E-state index >= 15 is 0 Å². The summed E-state index contributed by atoms with van der Waals surface area (Å²) >= 11 is 5.50. The van der Waals surface area contributed by atoms with Gasteiger partial charge in [0, 0.05) is 15.6 Å². The number of fused-ring (bicyclic) bond motifs is 1. The number of rotatable bonds is 4. The van der Waals surface area contributed by atoms with E-state index in [1.165, 1.54) is 30.6 Å². The molecular weight excluding hydrogens is 316 g/mol. The van der Waals surface area contributed by atoms with E-state index in [2.05, 4.69) is 65.9 Å². The molecule has 1 aromatic heterocycles. The molecule has 0 atom stereocenters. The highest BCUT2D eigenvalue weighted by molar-refractivity contribution is 9.11. The standard InChI is InChI=1S/C17H17BrS/c1-4-7-13(8-5-2)16-14-10-9-12(6-3)11-15(14)19-17(16)18/h4-5,7-11H,1,6H2,2-3H3/b8-5-,13-7+. The summed E-state index contributed by atoms with van der Waals surface area (Å²) in [5, 5.41) is 1.31. The van der Waals surface area contributed by atoms with E-state index in [1.54, 1.807) is 11.3 Å². The third-order valence-corrected chi connectivity index (χ3v) is 4.88. The second kappa shape index (κ2) is 6.36. The molecule has 0 fully saturated rings. The number of halogens is 1. The van der Waals surface area contributed by atoms with Crippen LogP contribution >= 0.6 is 27.3 Å². The van der Waals surface area contributed by atoms with Crippen LogP contribution in [0.2, 0.25) is 0 Å². The van der Waals surface area contributed by atoms with Gasteiger partial charge in [-0.2, -0.15) is 0 Å². The molecule has 0 aliphatic carbocycles. The summed E-state index contributed by atoms with van der Waals surface area (Å²) in [7, 11) is 0. The summed E-state index contributed by atoms with van der Waals surface area (Å²) in [5.74, 6) is 0. The molecule has 1 aromatic carbocycles. The minimum atomic E-state index is 1.07. The zero-order valence-electron chi connectivity index (χ0n) is 11.2. The number of thiophene rings is 1. The highest BCUT2D eigenvalue weighted by Gasteiger charge is 2.12. The minimum Gasteiger partial charge on any atom is -0.128 e. The fraction of sp³-hybridized carbons (Fsp3) is 0.176. The van der Waals surface area contributed by atoms with Crippen LogP contribution in [-0.2, 0) is 6.42 Å². The fourth-order valence-electron chi connectivity index (χ4n) is 2.13. The molecule has 0 saturated carbocycles. The summed E-state index contributed by atoms with van der Waals surface area (Å²) in [5.41, 5.74) is 3.84. The van der Waals surface area contributed by atoms with Crippen molar-refractivity contribution in [1.29, 1.82) is 0 Å². The van der Waals surface area contributed by atoms with Crippen LogP contribution in [0.25, 0.3) is 15.7 Å². The largest absolute Gasteiger partial charge is 0.128 e. The number of aryl methyl sites for hydroxylation is 1. The Morgan fingerprint density at radius 2 is 2.21 bits per heavy atom. The lowest BCUT2D eigenvalue weighted by atomic mass is 10.0. The Morgan fingerprint density at radius 1 is 1.42 bits per heavy atom. The predicted molar refractivity (Wildman–Crippen MR) is 91.9 cm³/mol. The molecule has 0 bridgehead atoms. The molecular formula is C17H17BrS. The second-order valence-corrected chi connectivity index (χ2v) is 6.66. The molecule has 0 aliphatic heterocycles. The Kier molecular flexibility index (Phi) is 4.78. The first-order chi connectivity index (χ1) is 9.21. The molecule has 0 radical (unpaired) electrons. The normalized spacial score (nSPS) is 12.5. The number of hydrogen-bond donors (Lipinski definition) is 0. The molecule has 98 valence electrons. The van der Waals surface area contributed by atoms with Gasteiger partial charge < -0.3 is 0 Å². The van der Waals surface area contributed by atoms with Crippen molar-refractivity contribution >= 4 is 42.9 Å². The van der Waals surface area contributed by atoms with Gasteiger partial charge in [-0.3, -0.25) is 0 Å². The van der Waals surface area contributed by atoms with E-state index in [-0.39, 0.29) is 0 Å². The van der Waals surface area contributed by atoms with Crippen molar-refractivity contribution in [3.63, 3.8) is 0 Å². The SMILES string of the molecule is C=C/C=C(\C=C/C)c1c(Br)sc2cc(CC)ccc12. The van der Waals surface area contributed by atoms with E-state index in [4.69, 9.17) is 0 Å². The van der Waals surface area contributed by atoms with Crippen molar-refractivity contribution in [1.82, 2.24) is 0 Å². The van der Waals surface area contributed by atoms with Crippen LogP contribution in [0.1, 0.15) is 25.0 Å². The quantitative estimate of drug-likeness (QED) is 0.570. The van der Waals surface area contributed by atoms with Crippen molar-refractivity contribution < 1.29 is 0 Å². The Balaban J connectivity index is 2.69. The summed E-state index contributed by atoms with van der Waals surface area (Å²) in [6.07, 6.45) is 9.16. The lowest BCUT2D eigenvalue weighted by Crippen LogP contribution is -1.82. The first kappa shape index (κ1) is 14.3. The lowest BCUT2D eigenvalue weighted by molar-refractivity contribution is 1.15. The molecule has 2 heteroatoms.